The minimum atomic E-state index is -0.114. The van der Waals surface area contributed by atoms with Crippen molar-refractivity contribution in [1.29, 1.82) is 0 Å². The van der Waals surface area contributed by atoms with Crippen LogP contribution in [0.3, 0.4) is 0 Å². The largest absolute Gasteiger partial charge is 0.383 e. The van der Waals surface area contributed by atoms with Gasteiger partial charge in [0.1, 0.15) is 11.6 Å². The summed E-state index contributed by atoms with van der Waals surface area (Å²) >= 11 is 0. The molecule has 0 saturated carbocycles. The molecule has 7 heteroatoms. The molecule has 1 saturated heterocycles. The Morgan fingerprint density at radius 1 is 1.33 bits per heavy atom. The fraction of sp³-hybridized carbons (Fsp3) is 0.235. The average molecular weight is 322 g/mol. The van der Waals surface area contributed by atoms with Gasteiger partial charge in [-0.05, 0) is 13.0 Å². The molecule has 3 aromatic rings. The molecule has 1 atom stereocenters. The van der Waals surface area contributed by atoms with Crippen LogP contribution in [-0.2, 0) is 0 Å². The lowest BCUT2D eigenvalue weighted by Gasteiger charge is -2.13. The normalized spacial score (nSPS) is 17.2. The third-order valence-corrected chi connectivity index (χ3v) is 4.19. The van der Waals surface area contributed by atoms with Gasteiger partial charge in [0.2, 0.25) is 0 Å². The van der Waals surface area contributed by atoms with E-state index in [2.05, 4.69) is 20.7 Å². The van der Waals surface area contributed by atoms with Gasteiger partial charge in [0, 0.05) is 24.2 Å². The molecule has 0 amide bonds. The number of rotatable bonds is 4. The van der Waals surface area contributed by atoms with Gasteiger partial charge >= 0.3 is 0 Å². The Balaban J connectivity index is 1.74. The topological polar surface area (TPSA) is 97.3 Å². The summed E-state index contributed by atoms with van der Waals surface area (Å²) in [6, 6.07) is 11.2. The van der Waals surface area contributed by atoms with Gasteiger partial charge in [0.25, 0.3) is 0 Å². The van der Waals surface area contributed by atoms with Gasteiger partial charge in [-0.15, -0.1) is 0 Å². The fourth-order valence-electron chi connectivity index (χ4n) is 2.95. The number of carbonyl (C=O) groups excluding carboxylic acids is 1. The predicted molar refractivity (Wildman–Crippen MR) is 92.2 cm³/mol. The Hall–Kier alpha value is -2.93. The number of carbonyl (C=O) groups is 1. The minimum Gasteiger partial charge on any atom is -0.383 e. The molecule has 4 rings (SSSR count). The van der Waals surface area contributed by atoms with E-state index < -0.39 is 0 Å². The maximum absolute atomic E-state index is 12.7. The first-order valence-electron chi connectivity index (χ1n) is 7.93. The minimum absolute atomic E-state index is 0.114. The standard InChI is InChI=1S/C17H18N6O/c18-14-8-15(21-12-6-7-19-9-12)22-17-13(10-20-23(14)17)16(24)11-4-2-1-3-5-11/h1-5,8,10,12,19H,6-7,9,18H2,(H,21,22)/t12-/m0/s1. The van der Waals surface area contributed by atoms with Crippen molar-refractivity contribution in [3.8, 4) is 0 Å². The lowest BCUT2D eigenvalue weighted by Crippen LogP contribution is -2.23. The number of hydrogen-bond donors (Lipinski definition) is 3. The summed E-state index contributed by atoms with van der Waals surface area (Å²) in [5.74, 6) is 0.995. The van der Waals surface area contributed by atoms with E-state index in [1.165, 1.54) is 10.7 Å². The van der Waals surface area contributed by atoms with E-state index in [1.54, 1.807) is 18.2 Å². The van der Waals surface area contributed by atoms with E-state index in [0.29, 0.717) is 34.5 Å². The number of nitrogens with one attached hydrogen (secondary N) is 2. The lowest BCUT2D eigenvalue weighted by molar-refractivity contribution is 0.104. The second kappa shape index (κ2) is 5.93. The highest BCUT2D eigenvalue weighted by atomic mass is 16.1. The Morgan fingerprint density at radius 2 is 2.17 bits per heavy atom. The number of nitrogens with zero attached hydrogens (tertiary/aromatic N) is 3. The Labute approximate surface area is 138 Å². The molecule has 0 unspecified atom stereocenters. The van der Waals surface area contributed by atoms with Crippen LogP contribution in [0.1, 0.15) is 22.3 Å². The van der Waals surface area contributed by atoms with E-state index in [9.17, 15) is 4.79 Å². The van der Waals surface area contributed by atoms with Crippen molar-refractivity contribution >= 4 is 23.1 Å². The summed E-state index contributed by atoms with van der Waals surface area (Å²) in [5, 5.41) is 10.9. The van der Waals surface area contributed by atoms with Crippen molar-refractivity contribution in [2.75, 3.05) is 24.1 Å². The average Bonchev–Trinajstić information content (AvgIpc) is 3.25. The quantitative estimate of drug-likeness (QED) is 0.627. The molecule has 1 aromatic carbocycles. The van der Waals surface area contributed by atoms with Crippen molar-refractivity contribution in [3.05, 3.63) is 53.7 Å². The smallest absolute Gasteiger partial charge is 0.198 e. The molecule has 0 bridgehead atoms. The Kier molecular flexibility index (Phi) is 3.62. The summed E-state index contributed by atoms with van der Waals surface area (Å²) in [6.07, 6.45) is 2.55. The summed E-state index contributed by atoms with van der Waals surface area (Å²) < 4.78 is 1.49. The highest BCUT2D eigenvalue weighted by Gasteiger charge is 2.19. The van der Waals surface area contributed by atoms with Crippen molar-refractivity contribution < 1.29 is 4.79 Å². The molecular formula is C17H18N6O. The van der Waals surface area contributed by atoms with E-state index in [4.69, 9.17) is 5.73 Å². The van der Waals surface area contributed by atoms with E-state index in [1.807, 2.05) is 18.2 Å². The van der Waals surface area contributed by atoms with Gasteiger partial charge in [-0.3, -0.25) is 4.79 Å². The number of aromatic nitrogens is 3. The number of fused-ring (bicyclic) bond motifs is 1. The first-order valence-corrected chi connectivity index (χ1v) is 7.93. The molecule has 1 aliphatic heterocycles. The number of benzene rings is 1. The molecule has 3 heterocycles. The number of nitrogen functional groups attached to an aromatic ring is 1. The molecule has 24 heavy (non-hydrogen) atoms. The molecule has 2 aromatic heterocycles. The van der Waals surface area contributed by atoms with E-state index >= 15 is 0 Å². The second-order valence-corrected chi connectivity index (χ2v) is 5.89. The molecule has 0 radical (unpaired) electrons. The monoisotopic (exact) mass is 322 g/mol. The van der Waals surface area contributed by atoms with Crippen molar-refractivity contribution in [3.63, 3.8) is 0 Å². The maximum atomic E-state index is 12.7. The van der Waals surface area contributed by atoms with Crippen molar-refractivity contribution in [1.82, 2.24) is 19.9 Å². The van der Waals surface area contributed by atoms with Crippen LogP contribution >= 0.6 is 0 Å². The number of anilines is 2. The van der Waals surface area contributed by atoms with E-state index in [0.717, 1.165) is 19.5 Å². The van der Waals surface area contributed by atoms with Gasteiger partial charge < -0.3 is 16.4 Å². The lowest BCUT2D eigenvalue weighted by atomic mass is 10.1. The molecule has 4 N–H and O–H groups in total. The first kappa shape index (κ1) is 14.6. The van der Waals surface area contributed by atoms with Crippen molar-refractivity contribution in [2.24, 2.45) is 0 Å². The number of nitrogens with two attached hydrogens (primary N) is 1. The highest BCUT2D eigenvalue weighted by Crippen LogP contribution is 2.20. The third kappa shape index (κ3) is 2.59. The molecule has 122 valence electrons. The van der Waals surface area contributed by atoms with Crippen LogP contribution in [0, 0.1) is 0 Å². The van der Waals surface area contributed by atoms with Crippen LogP contribution < -0.4 is 16.4 Å². The van der Waals surface area contributed by atoms with Gasteiger partial charge in [-0.25, -0.2) is 4.98 Å². The van der Waals surface area contributed by atoms with Crippen LogP contribution in [0.15, 0.2) is 42.6 Å². The van der Waals surface area contributed by atoms with Crippen LogP contribution in [0.2, 0.25) is 0 Å². The van der Waals surface area contributed by atoms with Gasteiger partial charge in [0.05, 0.1) is 11.8 Å². The van der Waals surface area contributed by atoms with Gasteiger partial charge in [-0.2, -0.15) is 9.61 Å². The Morgan fingerprint density at radius 3 is 2.92 bits per heavy atom. The highest BCUT2D eigenvalue weighted by molar-refractivity contribution is 6.12. The zero-order valence-electron chi connectivity index (χ0n) is 13.1. The van der Waals surface area contributed by atoms with Crippen LogP contribution in [0.25, 0.3) is 5.65 Å². The Bertz CT molecular complexity index is 883. The molecule has 1 aliphatic rings. The van der Waals surface area contributed by atoms with Crippen LogP contribution in [-0.4, -0.2) is 39.5 Å². The fourth-order valence-corrected chi connectivity index (χ4v) is 2.95. The second-order valence-electron chi connectivity index (χ2n) is 5.89. The maximum Gasteiger partial charge on any atom is 0.198 e. The van der Waals surface area contributed by atoms with Gasteiger partial charge in [-0.1, -0.05) is 30.3 Å². The zero-order chi connectivity index (χ0) is 16.5. The first-order chi connectivity index (χ1) is 11.7. The summed E-state index contributed by atoms with van der Waals surface area (Å²) in [5.41, 5.74) is 7.60. The number of ketones is 1. The SMILES string of the molecule is Nc1cc(N[C@H]2CCNC2)nc2c(C(=O)c3ccccc3)cnn12. The predicted octanol–water partition coefficient (Wildman–Crippen LogP) is 1.32. The molecule has 7 nitrogen and oxygen atoms in total. The summed E-state index contributed by atoms with van der Waals surface area (Å²) in [7, 11) is 0. The van der Waals surface area contributed by atoms with Crippen LogP contribution in [0.4, 0.5) is 11.6 Å². The molecule has 1 fully saturated rings. The molecular weight excluding hydrogens is 304 g/mol. The summed E-state index contributed by atoms with van der Waals surface area (Å²) in [6.45, 7) is 1.88. The van der Waals surface area contributed by atoms with Crippen molar-refractivity contribution in [2.45, 2.75) is 12.5 Å². The van der Waals surface area contributed by atoms with E-state index in [-0.39, 0.29) is 5.78 Å². The van der Waals surface area contributed by atoms with Crippen LogP contribution in [0.5, 0.6) is 0 Å². The number of hydrogen-bond acceptors (Lipinski definition) is 6. The molecule has 0 aliphatic carbocycles. The third-order valence-electron chi connectivity index (χ3n) is 4.19. The zero-order valence-corrected chi connectivity index (χ0v) is 13.1. The molecule has 0 spiro atoms. The summed E-state index contributed by atoms with van der Waals surface area (Å²) in [4.78, 5) is 17.3. The van der Waals surface area contributed by atoms with Gasteiger partial charge in [0.15, 0.2) is 11.4 Å².